The van der Waals surface area contributed by atoms with E-state index in [0.29, 0.717) is 19.0 Å². The molecular formula is C19H31N5O2. The van der Waals surface area contributed by atoms with Gasteiger partial charge in [0, 0.05) is 38.6 Å². The molecule has 0 saturated carbocycles. The molecule has 144 valence electrons. The van der Waals surface area contributed by atoms with E-state index in [0.717, 1.165) is 70.0 Å². The number of piperidine rings is 1. The number of nitrogens with one attached hydrogen (secondary N) is 1. The van der Waals surface area contributed by atoms with E-state index in [-0.39, 0.29) is 12.0 Å². The zero-order chi connectivity index (χ0) is 17.8. The van der Waals surface area contributed by atoms with Crippen LogP contribution in [0.4, 0.5) is 0 Å². The summed E-state index contributed by atoms with van der Waals surface area (Å²) in [6.45, 7) is 4.90. The molecular weight excluding hydrogens is 330 g/mol. The Bertz CT molecular complexity index is 611. The fourth-order valence-electron chi connectivity index (χ4n) is 4.51. The van der Waals surface area contributed by atoms with Crippen LogP contribution >= 0.6 is 0 Å². The predicted octanol–water partition coefficient (Wildman–Crippen LogP) is 1.48. The van der Waals surface area contributed by atoms with Crippen molar-refractivity contribution in [2.24, 2.45) is 0 Å². The number of fused-ring (bicyclic) bond motifs is 1. The van der Waals surface area contributed by atoms with Crippen molar-refractivity contribution in [3.63, 3.8) is 0 Å². The molecule has 2 atom stereocenters. The smallest absolute Gasteiger partial charge is 0.234 e. The average Bonchev–Trinajstić information content (AvgIpc) is 3.25. The molecule has 2 unspecified atom stereocenters. The molecule has 0 bridgehead atoms. The second-order valence-corrected chi connectivity index (χ2v) is 7.95. The zero-order valence-electron chi connectivity index (χ0n) is 15.7. The van der Waals surface area contributed by atoms with E-state index in [4.69, 9.17) is 4.74 Å². The lowest BCUT2D eigenvalue weighted by molar-refractivity contribution is -0.123. The van der Waals surface area contributed by atoms with E-state index in [1.165, 1.54) is 19.3 Å². The summed E-state index contributed by atoms with van der Waals surface area (Å²) in [6.07, 6.45) is 9.41. The summed E-state index contributed by atoms with van der Waals surface area (Å²) >= 11 is 0. The Morgan fingerprint density at radius 3 is 2.96 bits per heavy atom. The van der Waals surface area contributed by atoms with Crippen LogP contribution in [0.2, 0.25) is 0 Å². The van der Waals surface area contributed by atoms with E-state index in [1.807, 2.05) is 0 Å². The second kappa shape index (κ2) is 8.48. The molecule has 4 rings (SSSR count). The summed E-state index contributed by atoms with van der Waals surface area (Å²) in [6, 6.07) is 0. The van der Waals surface area contributed by atoms with Crippen LogP contribution in [0.1, 0.15) is 62.5 Å². The SMILES string of the molecule is O=C(CN1CCCC(c2nnc3n2CCCCC3)C1)NCC1CCCO1. The van der Waals surface area contributed by atoms with Crippen molar-refractivity contribution < 1.29 is 9.53 Å². The Labute approximate surface area is 155 Å². The minimum absolute atomic E-state index is 0.112. The highest BCUT2D eigenvalue weighted by molar-refractivity contribution is 5.78. The van der Waals surface area contributed by atoms with Gasteiger partial charge in [-0.2, -0.15) is 0 Å². The maximum Gasteiger partial charge on any atom is 0.234 e. The van der Waals surface area contributed by atoms with Crippen molar-refractivity contribution in [3.05, 3.63) is 11.6 Å². The third kappa shape index (κ3) is 4.26. The number of rotatable bonds is 5. The van der Waals surface area contributed by atoms with Crippen molar-refractivity contribution >= 4 is 5.91 Å². The summed E-state index contributed by atoms with van der Waals surface area (Å²) in [5, 5.41) is 12.0. The van der Waals surface area contributed by atoms with Gasteiger partial charge in [0.25, 0.3) is 0 Å². The number of likely N-dealkylation sites (tertiary alicyclic amines) is 1. The van der Waals surface area contributed by atoms with Crippen LogP contribution < -0.4 is 5.32 Å². The lowest BCUT2D eigenvalue weighted by Gasteiger charge is -2.32. The van der Waals surface area contributed by atoms with Crippen LogP contribution in [-0.4, -0.2) is 64.5 Å². The van der Waals surface area contributed by atoms with Crippen LogP contribution in [0, 0.1) is 0 Å². The Hall–Kier alpha value is -1.47. The van der Waals surface area contributed by atoms with Gasteiger partial charge in [-0.1, -0.05) is 6.42 Å². The van der Waals surface area contributed by atoms with Crippen LogP contribution in [0.15, 0.2) is 0 Å². The number of aryl methyl sites for hydroxylation is 1. The van der Waals surface area contributed by atoms with Gasteiger partial charge in [-0.05, 0) is 45.1 Å². The van der Waals surface area contributed by atoms with Gasteiger partial charge in [0.15, 0.2) is 0 Å². The molecule has 3 aliphatic rings. The minimum Gasteiger partial charge on any atom is -0.376 e. The highest BCUT2D eigenvalue weighted by Crippen LogP contribution is 2.27. The van der Waals surface area contributed by atoms with Crippen molar-refractivity contribution in [1.29, 1.82) is 0 Å². The number of ether oxygens (including phenoxy) is 1. The lowest BCUT2D eigenvalue weighted by atomic mass is 9.97. The van der Waals surface area contributed by atoms with Gasteiger partial charge in [-0.3, -0.25) is 9.69 Å². The summed E-state index contributed by atoms with van der Waals surface area (Å²) < 4.78 is 7.94. The van der Waals surface area contributed by atoms with Crippen LogP contribution in [0.3, 0.4) is 0 Å². The number of aromatic nitrogens is 3. The van der Waals surface area contributed by atoms with Gasteiger partial charge in [-0.25, -0.2) is 0 Å². The van der Waals surface area contributed by atoms with Crippen molar-refractivity contribution in [2.75, 3.05) is 32.8 Å². The topological polar surface area (TPSA) is 72.3 Å². The molecule has 1 amide bonds. The highest BCUT2D eigenvalue weighted by atomic mass is 16.5. The fraction of sp³-hybridized carbons (Fsp3) is 0.842. The van der Waals surface area contributed by atoms with Gasteiger partial charge in [-0.15, -0.1) is 10.2 Å². The van der Waals surface area contributed by atoms with Crippen molar-refractivity contribution in [1.82, 2.24) is 25.0 Å². The third-order valence-corrected chi connectivity index (χ3v) is 5.93. The first kappa shape index (κ1) is 17.9. The molecule has 3 aliphatic heterocycles. The summed E-state index contributed by atoms with van der Waals surface area (Å²) in [4.78, 5) is 14.6. The quantitative estimate of drug-likeness (QED) is 0.860. The van der Waals surface area contributed by atoms with E-state index in [1.54, 1.807) is 0 Å². The van der Waals surface area contributed by atoms with E-state index < -0.39 is 0 Å². The number of carbonyl (C=O) groups is 1. The molecule has 4 heterocycles. The molecule has 7 nitrogen and oxygen atoms in total. The van der Waals surface area contributed by atoms with Crippen LogP contribution in [0.25, 0.3) is 0 Å². The highest BCUT2D eigenvalue weighted by Gasteiger charge is 2.28. The van der Waals surface area contributed by atoms with Gasteiger partial charge >= 0.3 is 0 Å². The Morgan fingerprint density at radius 2 is 2.08 bits per heavy atom. The standard InChI is InChI=1S/C19H31N5O2/c25-18(20-12-16-7-5-11-26-16)14-23-9-4-6-15(13-23)19-22-21-17-8-2-1-3-10-24(17)19/h15-16H,1-14H2,(H,20,25). The summed E-state index contributed by atoms with van der Waals surface area (Å²) in [7, 11) is 0. The first-order valence-electron chi connectivity index (χ1n) is 10.3. The molecule has 1 aromatic heterocycles. The molecule has 26 heavy (non-hydrogen) atoms. The van der Waals surface area contributed by atoms with E-state index in [9.17, 15) is 4.79 Å². The second-order valence-electron chi connectivity index (χ2n) is 7.95. The van der Waals surface area contributed by atoms with Crippen molar-refractivity contribution in [2.45, 2.75) is 69.9 Å². The Morgan fingerprint density at radius 1 is 1.12 bits per heavy atom. The van der Waals surface area contributed by atoms with Gasteiger partial charge in [0.2, 0.25) is 5.91 Å². The van der Waals surface area contributed by atoms with Crippen LogP contribution in [-0.2, 0) is 22.5 Å². The van der Waals surface area contributed by atoms with Gasteiger partial charge < -0.3 is 14.6 Å². The summed E-state index contributed by atoms with van der Waals surface area (Å²) in [5.74, 6) is 2.81. The first-order valence-corrected chi connectivity index (χ1v) is 10.3. The molecule has 0 radical (unpaired) electrons. The predicted molar refractivity (Wildman–Crippen MR) is 98.0 cm³/mol. The van der Waals surface area contributed by atoms with Crippen molar-refractivity contribution in [3.8, 4) is 0 Å². The van der Waals surface area contributed by atoms with Gasteiger partial charge in [0.05, 0.1) is 12.6 Å². The largest absolute Gasteiger partial charge is 0.376 e. The molecule has 2 saturated heterocycles. The maximum atomic E-state index is 12.3. The average molecular weight is 361 g/mol. The summed E-state index contributed by atoms with van der Waals surface area (Å²) in [5.41, 5.74) is 0. The van der Waals surface area contributed by atoms with E-state index in [2.05, 4.69) is 25.0 Å². The number of hydrogen-bond acceptors (Lipinski definition) is 5. The Kier molecular flexibility index (Phi) is 5.84. The monoisotopic (exact) mass is 361 g/mol. The maximum absolute atomic E-state index is 12.3. The lowest BCUT2D eigenvalue weighted by Crippen LogP contribution is -2.44. The molecule has 7 heteroatoms. The molecule has 2 fully saturated rings. The normalized spacial score (nSPS) is 27.1. The zero-order valence-corrected chi connectivity index (χ0v) is 15.7. The minimum atomic E-state index is 0.112. The molecule has 0 aromatic carbocycles. The number of carbonyl (C=O) groups excluding carboxylic acids is 1. The number of amides is 1. The molecule has 0 aliphatic carbocycles. The third-order valence-electron chi connectivity index (χ3n) is 5.93. The molecule has 0 spiro atoms. The van der Waals surface area contributed by atoms with Crippen LogP contribution in [0.5, 0.6) is 0 Å². The number of hydrogen-bond donors (Lipinski definition) is 1. The van der Waals surface area contributed by atoms with E-state index >= 15 is 0 Å². The molecule has 1 aromatic rings. The Balaban J connectivity index is 1.31. The fourth-order valence-corrected chi connectivity index (χ4v) is 4.51. The molecule has 1 N–H and O–H groups in total. The number of nitrogens with zero attached hydrogens (tertiary/aromatic N) is 4. The first-order chi connectivity index (χ1) is 12.8. The van der Waals surface area contributed by atoms with Gasteiger partial charge in [0.1, 0.15) is 11.6 Å².